The van der Waals surface area contributed by atoms with Crippen LogP contribution in [-0.4, -0.2) is 36.8 Å². The third kappa shape index (κ3) is 5.29. The van der Waals surface area contributed by atoms with E-state index < -0.39 is 11.9 Å². The number of aliphatic hydroxyl groups excluding tert-OH is 1. The van der Waals surface area contributed by atoms with Gasteiger partial charge in [0.1, 0.15) is 11.6 Å². The second-order valence-corrected chi connectivity index (χ2v) is 6.12. The molecule has 2 unspecified atom stereocenters. The van der Waals surface area contributed by atoms with E-state index in [9.17, 15) is 9.50 Å². The third-order valence-corrected chi connectivity index (χ3v) is 3.89. The highest BCUT2D eigenvalue weighted by atomic mass is 19.1. The second kappa shape index (κ2) is 8.35. The van der Waals surface area contributed by atoms with Crippen LogP contribution in [0, 0.1) is 11.7 Å². The number of methoxy groups -OCH3 is 1. The van der Waals surface area contributed by atoms with Crippen LogP contribution in [0.1, 0.15) is 45.3 Å². The first kappa shape index (κ1) is 17.9. The zero-order chi connectivity index (χ0) is 16.0. The minimum absolute atomic E-state index is 0.255. The van der Waals surface area contributed by atoms with Crippen LogP contribution in [0.5, 0.6) is 5.75 Å². The topological polar surface area (TPSA) is 32.7 Å². The predicted molar refractivity (Wildman–Crippen MR) is 84.1 cm³/mol. The molecular weight excluding hydrogens is 269 g/mol. The molecule has 21 heavy (non-hydrogen) atoms. The van der Waals surface area contributed by atoms with E-state index in [1.165, 1.54) is 13.2 Å². The van der Waals surface area contributed by atoms with Crippen LogP contribution in [0.15, 0.2) is 18.2 Å². The van der Waals surface area contributed by atoms with Crippen molar-refractivity contribution in [3.05, 3.63) is 29.6 Å². The number of nitrogens with zero attached hydrogens (tertiary/aromatic N) is 1. The van der Waals surface area contributed by atoms with Crippen molar-refractivity contribution in [3.8, 4) is 5.75 Å². The normalized spacial score (nSPS) is 14.5. The first-order valence-electron chi connectivity index (χ1n) is 7.57. The van der Waals surface area contributed by atoms with E-state index in [1.54, 1.807) is 12.1 Å². The fourth-order valence-electron chi connectivity index (χ4n) is 2.57. The summed E-state index contributed by atoms with van der Waals surface area (Å²) in [6.45, 7) is 7.29. The van der Waals surface area contributed by atoms with E-state index in [2.05, 4.69) is 25.7 Å². The van der Waals surface area contributed by atoms with Crippen LogP contribution < -0.4 is 4.74 Å². The number of hydrogen-bond acceptors (Lipinski definition) is 3. The quantitative estimate of drug-likeness (QED) is 0.795. The van der Waals surface area contributed by atoms with Gasteiger partial charge in [-0.1, -0.05) is 19.9 Å². The van der Waals surface area contributed by atoms with Crippen LogP contribution in [0.3, 0.4) is 0 Å². The van der Waals surface area contributed by atoms with Crippen LogP contribution in [0.2, 0.25) is 0 Å². The fourth-order valence-corrected chi connectivity index (χ4v) is 2.57. The van der Waals surface area contributed by atoms with Gasteiger partial charge in [0.25, 0.3) is 0 Å². The maximum Gasteiger partial charge on any atom is 0.132 e. The van der Waals surface area contributed by atoms with E-state index in [0.717, 1.165) is 6.42 Å². The smallest absolute Gasteiger partial charge is 0.132 e. The molecule has 0 spiro atoms. The summed E-state index contributed by atoms with van der Waals surface area (Å²) in [7, 11) is 3.53. The van der Waals surface area contributed by atoms with Crippen molar-refractivity contribution in [1.29, 1.82) is 0 Å². The molecule has 0 aliphatic heterocycles. The molecule has 2 atom stereocenters. The minimum Gasteiger partial charge on any atom is -0.496 e. The largest absolute Gasteiger partial charge is 0.496 e. The zero-order valence-electron chi connectivity index (χ0n) is 13.8. The molecule has 0 aromatic heterocycles. The number of rotatable bonds is 8. The summed E-state index contributed by atoms with van der Waals surface area (Å²) in [4.78, 5) is 2.20. The third-order valence-electron chi connectivity index (χ3n) is 3.89. The van der Waals surface area contributed by atoms with Gasteiger partial charge in [-0.05, 0) is 44.9 Å². The molecule has 0 fully saturated rings. The van der Waals surface area contributed by atoms with Crippen molar-refractivity contribution in [1.82, 2.24) is 4.90 Å². The summed E-state index contributed by atoms with van der Waals surface area (Å²) >= 11 is 0. The highest BCUT2D eigenvalue weighted by Gasteiger charge is 2.19. The molecule has 0 saturated heterocycles. The Morgan fingerprint density at radius 1 is 1.29 bits per heavy atom. The van der Waals surface area contributed by atoms with Gasteiger partial charge in [-0.3, -0.25) is 0 Å². The minimum atomic E-state index is -0.852. The van der Waals surface area contributed by atoms with Crippen molar-refractivity contribution in [2.24, 2.45) is 5.92 Å². The van der Waals surface area contributed by atoms with Gasteiger partial charge in [0.15, 0.2) is 0 Å². The molecule has 1 rings (SSSR count). The SMILES string of the molecule is COc1cccc(F)c1C(O)CCN(C)C(C)CC(C)C. The number of aliphatic hydroxyl groups is 1. The number of halogens is 1. The molecule has 1 aromatic carbocycles. The molecule has 1 N–H and O–H groups in total. The van der Waals surface area contributed by atoms with Crippen LogP contribution in [0.25, 0.3) is 0 Å². The predicted octanol–water partition coefficient (Wildman–Crippen LogP) is 3.62. The van der Waals surface area contributed by atoms with Gasteiger partial charge in [-0.25, -0.2) is 4.39 Å². The number of benzene rings is 1. The molecule has 0 aliphatic rings. The lowest BCUT2D eigenvalue weighted by molar-refractivity contribution is 0.128. The Morgan fingerprint density at radius 3 is 2.52 bits per heavy atom. The van der Waals surface area contributed by atoms with Crippen LogP contribution >= 0.6 is 0 Å². The van der Waals surface area contributed by atoms with Gasteiger partial charge >= 0.3 is 0 Å². The molecule has 120 valence electrons. The van der Waals surface area contributed by atoms with Gasteiger partial charge in [-0.15, -0.1) is 0 Å². The first-order chi connectivity index (χ1) is 9.86. The molecule has 0 bridgehead atoms. The Labute approximate surface area is 127 Å². The summed E-state index contributed by atoms with van der Waals surface area (Å²) in [5.41, 5.74) is 0.255. The number of ether oxygens (including phenoxy) is 1. The Balaban J connectivity index is 2.64. The van der Waals surface area contributed by atoms with Crippen molar-refractivity contribution < 1.29 is 14.2 Å². The van der Waals surface area contributed by atoms with Gasteiger partial charge in [0.2, 0.25) is 0 Å². The highest BCUT2D eigenvalue weighted by molar-refractivity contribution is 5.36. The molecule has 0 aliphatic carbocycles. The Morgan fingerprint density at radius 2 is 1.95 bits per heavy atom. The van der Waals surface area contributed by atoms with Gasteiger partial charge < -0.3 is 14.7 Å². The van der Waals surface area contributed by atoms with Gasteiger partial charge in [0, 0.05) is 12.6 Å². The van der Waals surface area contributed by atoms with Crippen molar-refractivity contribution in [2.45, 2.75) is 45.8 Å². The van der Waals surface area contributed by atoms with Crippen LogP contribution in [0.4, 0.5) is 4.39 Å². The standard InChI is InChI=1S/C17H28FNO2/c1-12(2)11-13(3)19(4)10-9-15(20)17-14(18)7-6-8-16(17)21-5/h6-8,12-13,15,20H,9-11H2,1-5H3. The molecule has 0 heterocycles. The Hall–Kier alpha value is -1.13. The van der Waals surface area contributed by atoms with E-state index >= 15 is 0 Å². The Bertz CT molecular complexity index is 437. The van der Waals surface area contributed by atoms with Crippen LogP contribution in [-0.2, 0) is 0 Å². The van der Waals surface area contributed by atoms with E-state index in [1.807, 2.05) is 7.05 Å². The lowest BCUT2D eigenvalue weighted by Gasteiger charge is -2.27. The van der Waals surface area contributed by atoms with E-state index in [-0.39, 0.29) is 5.56 Å². The highest BCUT2D eigenvalue weighted by Crippen LogP contribution is 2.30. The van der Waals surface area contributed by atoms with Crippen molar-refractivity contribution >= 4 is 0 Å². The average molecular weight is 297 g/mol. The lowest BCUT2D eigenvalue weighted by Crippen LogP contribution is -2.32. The molecule has 0 amide bonds. The first-order valence-corrected chi connectivity index (χ1v) is 7.57. The summed E-state index contributed by atoms with van der Waals surface area (Å²) in [6.07, 6.45) is 0.737. The molecule has 0 radical (unpaired) electrons. The molecular formula is C17H28FNO2. The van der Waals surface area contributed by atoms with Crippen molar-refractivity contribution in [2.75, 3.05) is 20.7 Å². The zero-order valence-corrected chi connectivity index (χ0v) is 13.8. The monoisotopic (exact) mass is 297 g/mol. The summed E-state index contributed by atoms with van der Waals surface area (Å²) in [5.74, 6) is 0.624. The fraction of sp³-hybridized carbons (Fsp3) is 0.647. The molecule has 3 nitrogen and oxygen atoms in total. The van der Waals surface area contributed by atoms with E-state index in [0.29, 0.717) is 30.7 Å². The maximum atomic E-state index is 13.9. The lowest BCUT2D eigenvalue weighted by atomic mass is 10.0. The molecule has 4 heteroatoms. The van der Waals surface area contributed by atoms with Gasteiger partial charge in [-0.2, -0.15) is 0 Å². The second-order valence-electron chi connectivity index (χ2n) is 6.12. The summed E-state index contributed by atoms with van der Waals surface area (Å²) in [6, 6.07) is 5.06. The average Bonchev–Trinajstić information content (AvgIpc) is 2.43. The number of hydrogen-bond donors (Lipinski definition) is 1. The summed E-state index contributed by atoms with van der Waals surface area (Å²) < 4.78 is 19.0. The molecule has 0 saturated carbocycles. The van der Waals surface area contributed by atoms with Crippen molar-refractivity contribution in [3.63, 3.8) is 0 Å². The molecule has 1 aromatic rings. The van der Waals surface area contributed by atoms with E-state index in [4.69, 9.17) is 4.74 Å². The maximum absolute atomic E-state index is 13.9. The Kier molecular flexibility index (Phi) is 7.12. The summed E-state index contributed by atoms with van der Waals surface area (Å²) in [5, 5.41) is 10.3. The van der Waals surface area contributed by atoms with Gasteiger partial charge in [0.05, 0.1) is 18.8 Å².